The van der Waals surface area contributed by atoms with Gasteiger partial charge in [0.15, 0.2) is 11.5 Å². The van der Waals surface area contributed by atoms with Crippen molar-refractivity contribution in [2.45, 2.75) is 25.9 Å². The molecule has 1 N–H and O–H groups in total. The molecule has 2 aromatic rings. The van der Waals surface area contributed by atoms with Crippen LogP contribution in [0.2, 0.25) is 0 Å². The molecule has 0 unspecified atom stereocenters. The van der Waals surface area contributed by atoms with E-state index in [2.05, 4.69) is 0 Å². The number of rotatable bonds is 5. The van der Waals surface area contributed by atoms with Gasteiger partial charge in [-0.2, -0.15) is 0 Å². The molecule has 0 fully saturated rings. The van der Waals surface area contributed by atoms with Crippen molar-refractivity contribution < 1.29 is 24.2 Å². The molecule has 1 heterocycles. The quantitative estimate of drug-likeness (QED) is 0.508. The van der Waals surface area contributed by atoms with E-state index in [4.69, 9.17) is 9.47 Å². The van der Waals surface area contributed by atoms with Crippen LogP contribution in [-0.4, -0.2) is 40.3 Å². The zero-order valence-electron chi connectivity index (χ0n) is 15.4. The van der Waals surface area contributed by atoms with Gasteiger partial charge in [-0.3, -0.25) is 5.21 Å². The molecule has 1 aliphatic rings. The molecule has 6 nitrogen and oxygen atoms in total. The summed E-state index contributed by atoms with van der Waals surface area (Å²) in [4.78, 5) is 0. The first-order valence-corrected chi connectivity index (χ1v) is 8.46. The molecule has 0 bridgehead atoms. The molecule has 3 rings (SSSR count). The number of methoxy groups -OCH3 is 2. The Morgan fingerprint density at radius 3 is 2.27 bits per heavy atom. The van der Waals surface area contributed by atoms with E-state index in [0.717, 1.165) is 15.0 Å². The molecule has 0 aromatic heterocycles. The van der Waals surface area contributed by atoms with E-state index in [-0.39, 0.29) is 0 Å². The number of nitrogens with zero attached hydrogens (tertiary/aromatic N) is 2. The van der Waals surface area contributed by atoms with Gasteiger partial charge >= 0.3 is 11.4 Å². The minimum Gasteiger partial charge on any atom is -0.618 e. The van der Waals surface area contributed by atoms with Crippen LogP contribution in [-0.2, 0) is 5.66 Å². The largest absolute Gasteiger partial charge is 0.618 e. The van der Waals surface area contributed by atoms with Gasteiger partial charge in [0.25, 0.3) is 5.71 Å². The predicted octanol–water partition coefficient (Wildman–Crippen LogP) is 3.14. The second-order valence-electron chi connectivity index (χ2n) is 6.21. The maximum Gasteiger partial charge on any atom is 0.431 e. The lowest BCUT2D eigenvalue weighted by atomic mass is 10.0. The van der Waals surface area contributed by atoms with Crippen molar-refractivity contribution in [1.29, 1.82) is 0 Å². The fourth-order valence-electron chi connectivity index (χ4n) is 3.35. The molecule has 0 aliphatic carbocycles. The third-order valence-corrected chi connectivity index (χ3v) is 4.85. The Morgan fingerprint density at radius 1 is 1.04 bits per heavy atom. The summed E-state index contributed by atoms with van der Waals surface area (Å²) in [5.41, 5.74) is 1.12. The van der Waals surface area contributed by atoms with Crippen LogP contribution in [0, 0.1) is 5.21 Å². The fraction of sp³-hybridized carbons (Fsp3) is 0.300. The zero-order chi connectivity index (χ0) is 18.9. The first-order valence-electron chi connectivity index (χ1n) is 8.46. The third-order valence-electron chi connectivity index (χ3n) is 4.85. The van der Waals surface area contributed by atoms with Crippen LogP contribution in [0.4, 0.5) is 0 Å². The molecule has 0 amide bonds. The molecule has 26 heavy (non-hydrogen) atoms. The smallest absolute Gasteiger partial charge is 0.431 e. The molecule has 0 saturated heterocycles. The first kappa shape index (κ1) is 17.8. The summed E-state index contributed by atoms with van der Waals surface area (Å²) in [6.45, 7) is 3.59. The van der Waals surface area contributed by atoms with E-state index in [0.29, 0.717) is 34.9 Å². The molecule has 0 saturated carbocycles. The maximum atomic E-state index is 13.2. The number of benzene rings is 2. The van der Waals surface area contributed by atoms with Gasteiger partial charge in [-0.05, 0) is 24.3 Å². The Bertz CT molecular complexity index is 890. The van der Waals surface area contributed by atoms with E-state index >= 15 is 0 Å². The van der Waals surface area contributed by atoms with Gasteiger partial charge in [0, 0.05) is 12.5 Å². The second kappa shape index (κ2) is 6.71. The summed E-state index contributed by atoms with van der Waals surface area (Å²) < 4.78 is 12.5. The molecular weight excluding hydrogens is 332 g/mol. The van der Waals surface area contributed by atoms with Gasteiger partial charge in [-0.1, -0.05) is 25.1 Å². The number of hydroxylamine groups is 2. The van der Waals surface area contributed by atoms with Gasteiger partial charge in [0.1, 0.15) is 5.56 Å². The average Bonchev–Trinajstić information content (AvgIpc) is 2.89. The molecule has 136 valence electrons. The topological polar surface area (TPSA) is 67.8 Å². The first-order chi connectivity index (χ1) is 12.5. The molecular formula is C20H23N2O4+. The molecule has 1 atom stereocenters. The highest BCUT2D eigenvalue weighted by atomic mass is 16.5. The van der Waals surface area contributed by atoms with E-state index in [1.807, 2.05) is 37.3 Å². The fourth-order valence-corrected chi connectivity index (χ4v) is 3.35. The summed E-state index contributed by atoms with van der Waals surface area (Å²) in [7, 11) is 3.09. The van der Waals surface area contributed by atoms with Crippen molar-refractivity contribution in [1.82, 2.24) is 0 Å². The number of hydrogen-bond donors (Lipinski definition) is 1. The summed E-state index contributed by atoms with van der Waals surface area (Å²) in [6, 6.07) is 14.6. The van der Waals surface area contributed by atoms with E-state index in [9.17, 15) is 10.4 Å². The normalized spacial score (nSPS) is 19.8. The summed E-state index contributed by atoms with van der Waals surface area (Å²) in [6.07, 6.45) is 0.494. The third kappa shape index (κ3) is 2.49. The molecule has 1 aliphatic heterocycles. The Labute approximate surface area is 152 Å². The Hall–Kier alpha value is -3.02. The van der Waals surface area contributed by atoms with Crippen LogP contribution in [0.5, 0.6) is 11.5 Å². The summed E-state index contributed by atoms with van der Waals surface area (Å²) in [5, 5.41) is 24.2. The summed E-state index contributed by atoms with van der Waals surface area (Å²) >= 11 is 0. The lowest BCUT2D eigenvalue weighted by molar-refractivity contribution is -0.930. The minimum absolute atomic E-state index is 0.494. The van der Waals surface area contributed by atoms with E-state index in [1.54, 1.807) is 32.2 Å². The maximum absolute atomic E-state index is 13.2. The van der Waals surface area contributed by atoms with Crippen LogP contribution < -0.4 is 9.47 Å². The summed E-state index contributed by atoms with van der Waals surface area (Å²) in [5.74, 6) is 1.06. The van der Waals surface area contributed by atoms with Gasteiger partial charge in [-0.15, -0.1) is 4.74 Å². The average molecular weight is 355 g/mol. The van der Waals surface area contributed by atoms with Crippen molar-refractivity contribution in [3.05, 3.63) is 64.9 Å². The highest BCUT2D eigenvalue weighted by Gasteiger charge is 2.59. The van der Waals surface area contributed by atoms with Crippen LogP contribution in [0.1, 0.15) is 31.4 Å². The van der Waals surface area contributed by atoms with E-state index in [1.165, 1.54) is 7.11 Å². The molecule has 0 radical (unpaired) electrons. The standard InChI is InChI=1S/C20H23N2O4/c1-5-16-19(14-9-7-6-8-10-14)22(24)20(2,21(16)23)15-11-12-17(25-3)18(13-15)26-4/h6-13,24H,5H2,1-4H3/q+1/t20-/m0/s1. The Balaban J connectivity index is 2.23. The van der Waals surface area contributed by atoms with Crippen LogP contribution in [0.3, 0.4) is 0 Å². The second-order valence-corrected chi connectivity index (χ2v) is 6.21. The number of ether oxygens (including phenoxy) is 2. The highest BCUT2D eigenvalue weighted by Crippen LogP contribution is 2.36. The van der Waals surface area contributed by atoms with Crippen LogP contribution >= 0.6 is 0 Å². The van der Waals surface area contributed by atoms with Crippen molar-refractivity contribution in [2.75, 3.05) is 14.2 Å². The van der Waals surface area contributed by atoms with Gasteiger partial charge in [-0.25, -0.2) is 0 Å². The van der Waals surface area contributed by atoms with Crippen molar-refractivity contribution >= 4 is 11.4 Å². The minimum atomic E-state index is -1.31. The monoisotopic (exact) mass is 355 g/mol. The number of hydrogen-bond acceptors (Lipinski definition) is 4. The van der Waals surface area contributed by atoms with Crippen molar-refractivity contribution in [3.8, 4) is 11.5 Å². The SMILES string of the molecule is CCC1=[N+]([O-])[C@](C)(c2ccc(OC)c(OC)c2)[N+](O)=C1c1ccccc1. The van der Waals surface area contributed by atoms with Gasteiger partial charge in [0.2, 0.25) is 0 Å². The Morgan fingerprint density at radius 2 is 1.69 bits per heavy atom. The molecule has 0 spiro atoms. The van der Waals surface area contributed by atoms with Crippen LogP contribution in [0.25, 0.3) is 0 Å². The van der Waals surface area contributed by atoms with Crippen LogP contribution in [0.15, 0.2) is 48.5 Å². The van der Waals surface area contributed by atoms with Crippen molar-refractivity contribution in [3.63, 3.8) is 0 Å². The Kier molecular flexibility index (Phi) is 4.59. The highest BCUT2D eigenvalue weighted by molar-refractivity contribution is 6.44. The molecule has 2 aromatic carbocycles. The van der Waals surface area contributed by atoms with Gasteiger partial charge in [0.05, 0.1) is 31.4 Å². The van der Waals surface area contributed by atoms with Crippen molar-refractivity contribution in [2.24, 2.45) is 0 Å². The van der Waals surface area contributed by atoms with E-state index < -0.39 is 5.66 Å². The zero-order valence-corrected chi connectivity index (χ0v) is 15.4. The lowest BCUT2D eigenvalue weighted by Gasteiger charge is -2.19. The molecule has 6 heteroatoms. The van der Waals surface area contributed by atoms with Gasteiger partial charge < -0.3 is 14.7 Å². The lowest BCUT2D eigenvalue weighted by Crippen LogP contribution is -2.40. The predicted molar refractivity (Wildman–Crippen MR) is 98.4 cm³/mol.